The molecule has 0 atom stereocenters. The van der Waals surface area contributed by atoms with E-state index in [-0.39, 0.29) is 5.41 Å². The smallest absolute Gasteiger partial charge is 0.0829 e. The van der Waals surface area contributed by atoms with E-state index in [0.29, 0.717) is 0 Å². The lowest BCUT2D eigenvalue weighted by atomic mass is 9.87. The van der Waals surface area contributed by atoms with Gasteiger partial charge in [-0.25, -0.2) is 4.68 Å². The van der Waals surface area contributed by atoms with E-state index in [1.807, 2.05) is 29.9 Å². The third kappa shape index (κ3) is 2.80. The summed E-state index contributed by atoms with van der Waals surface area (Å²) in [4.78, 5) is 4.37. The zero-order valence-electron chi connectivity index (χ0n) is 13.5. The highest BCUT2D eigenvalue weighted by Crippen LogP contribution is 2.32. The predicted octanol–water partition coefficient (Wildman–Crippen LogP) is 4.54. The van der Waals surface area contributed by atoms with Gasteiger partial charge in [-0.05, 0) is 24.6 Å². The Kier molecular flexibility index (Phi) is 3.57. The Bertz CT molecular complexity index is 763. The lowest BCUT2D eigenvalue weighted by molar-refractivity contribution is 0.561. The van der Waals surface area contributed by atoms with Gasteiger partial charge in [0.2, 0.25) is 0 Å². The molecule has 3 rings (SSSR count). The Morgan fingerprint density at radius 2 is 1.68 bits per heavy atom. The van der Waals surface area contributed by atoms with Crippen molar-refractivity contribution in [1.82, 2.24) is 14.8 Å². The highest BCUT2D eigenvalue weighted by molar-refractivity contribution is 5.67. The number of rotatable bonds is 2. The molecule has 0 saturated heterocycles. The second-order valence-electron chi connectivity index (χ2n) is 6.61. The van der Waals surface area contributed by atoms with Crippen LogP contribution in [0.1, 0.15) is 32.2 Å². The molecule has 22 heavy (non-hydrogen) atoms. The number of aromatic nitrogens is 3. The summed E-state index contributed by atoms with van der Waals surface area (Å²) in [7, 11) is 0. The molecule has 0 unspecified atom stereocenters. The number of nitrogens with zero attached hydrogens (tertiary/aromatic N) is 3. The number of benzene rings is 1. The van der Waals surface area contributed by atoms with E-state index in [1.165, 1.54) is 11.1 Å². The molecule has 0 aliphatic heterocycles. The second-order valence-corrected chi connectivity index (χ2v) is 6.61. The first kappa shape index (κ1) is 14.5. The summed E-state index contributed by atoms with van der Waals surface area (Å²) in [5.41, 5.74) is 5.44. The maximum Gasteiger partial charge on any atom is 0.0829 e. The Hall–Kier alpha value is -2.42. The zero-order chi connectivity index (χ0) is 15.7. The number of hydrogen-bond acceptors (Lipinski definition) is 2. The van der Waals surface area contributed by atoms with Gasteiger partial charge in [0.25, 0.3) is 0 Å². The van der Waals surface area contributed by atoms with Crippen LogP contribution in [0.15, 0.2) is 54.9 Å². The lowest BCUT2D eigenvalue weighted by Gasteiger charge is -2.17. The Morgan fingerprint density at radius 1 is 0.955 bits per heavy atom. The standard InChI is InChI=1S/C19H21N3/c1-14-10-11-16(12-20-14)22-13-17(15-8-6-5-7-9-15)18(21-22)19(2,3)4/h5-13H,1-4H3. The van der Waals surface area contributed by atoms with Crippen molar-refractivity contribution in [2.45, 2.75) is 33.1 Å². The lowest BCUT2D eigenvalue weighted by Crippen LogP contribution is -2.14. The Balaban J connectivity index is 2.15. The van der Waals surface area contributed by atoms with Crippen molar-refractivity contribution in [3.05, 3.63) is 66.2 Å². The van der Waals surface area contributed by atoms with Crippen molar-refractivity contribution in [2.75, 3.05) is 0 Å². The molecule has 0 spiro atoms. The van der Waals surface area contributed by atoms with Gasteiger partial charge in [0.1, 0.15) is 0 Å². The van der Waals surface area contributed by atoms with Crippen LogP contribution in [-0.2, 0) is 5.41 Å². The van der Waals surface area contributed by atoms with Crippen LogP contribution in [0.2, 0.25) is 0 Å². The molecule has 3 nitrogen and oxygen atoms in total. The van der Waals surface area contributed by atoms with Crippen LogP contribution in [0.3, 0.4) is 0 Å². The van der Waals surface area contributed by atoms with Crippen LogP contribution in [0.25, 0.3) is 16.8 Å². The molecule has 3 aromatic rings. The minimum absolute atomic E-state index is 0.0193. The molecule has 112 valence electrons. The molecule has 0 radical (unpaired) electrons. The molecule has 0 bridgehead atoms. The Morgan fingerprint density at radius 3 is 2.27 bits per heavy atom. The molecular weight excluding hydrogens is 270 g/mol. The first-order chi connectivity index (χ1) is 10.4. The van der Waals surface area contributed by atoms with Gasteiger partial charge in [-0.15, -0.1) is 0 Å². The van der Waals surface area contributed by atoms with Crippen molar-refractivity contribution in [2.24, 2.45) is 0 Å². The van der Waals surface area contributed by atoms with Gasteiger partial charge in [-0.2, -0.15) is 5.10 Å². The topological polar surface area (TPSA) is 30.7 Å². The van der Waals surface area contributed by atoms with Crippen LogP contribution in [0, 0.1) is 6.92 Å². The van der Waals surface area contributed by atoms with Crippen molar-refractivity contribution in [1.29, 1.82) is 0 Å². The monoisotopic (exact) mass is 291 g/mol. The molecule has 0 amide bonds. The molecule has 3 heteroatoms. The van der Waals surface area contributed by atoms with E-state index in [0.717, 1.165) is 17.1 Å². The average Bonchev–Trinajstić information content (AvgIpc) is 2.94. The van der Waals surface area contributed by atoms with Gasteiger partial charge in [0, 0.05) is 22.9 Å². The fourth-order valence-electron chi connectivity index (χ4n) is 2.48. The summed E-state index contributed by atoms with van der Waals surface area (Å²) in [5, 5.41) is 4.83. The Labute approximate surface area is 131 Å². The van der Waals surface area contributed by atoms with E-state index in [1.54, 1.807) is 0 Å². The molecule has 0 N–H and O–H groups in total. The van der Waals surface area contributed by atoms with Gasteiger partial charge >= 0.3 is 0 Å². The van der Waals surface area contributed by atoms with Crippen LogP contribution in [0.5, 0.6) is 0 Å². The summed E-state index contributed by atoms with van der Waals surface area (Å²) >= 11 is 0. The molecule has 0 aliphatic rings. The van der Waals surface area contributed by atoms with Gasteiger partial charge in [-0.1, -0.05) is 51.1 Å². The number of hydrogen-bond donors (Lipinski definition) is 0. The predicted molar refractivity (Wildman–Crippen MR) is 90.2 cm³/mol. The zero-order valence-corrected chi connectivity index (χ0v) is 13.5. The molecule has 2 heterocycles. The largest absolute Gasteiger partial charge is 0.259 e. The first-order valence-electron chi connectivity index (χ1n) is 7.54. The maximum absolute atomic E-state index is 4.83. The highest BCUT2D eigenvalue weighted by Gasteiger charge is 2.23. The molecule has 0 saturated carbocycles. The van der Waals surface area contributed by atoms with Crippen molar-refractivity contribution >= 4 is 0 Å². The van der Waals surface area contributed by atoms with Gasteiger partial charge in [0.15, 0.2) is 0 Å². The molecule has 0 aliphatic carbocycles. The minimum Gasteiger partial charge on any atom is -0.259 e. The summed E-state index contributed by atoms with van der Waals surface area (Å²) < 4.78 is 1.93. The number of pyridine rings is 1. The quantitative estimate of drug-likeness (QED) is 0.694. The van der Waals surface area contributed by atoms with Crippen molar-refractivity contribution in [3.63, 3.8) is 0 Å². The van der Waals surface area contributed by atoms with E-state index < -0.39 is 0 Å². The molecule has 2 aromatic heterocycles. The number of aryl methyl sites for hydroxylation is 1. The van der Waals surface area contributed by atoms with Gasteiger partial charge in [-0.3, -0.25) is 4.98 Å². The molecule has 1 aromatic carbocycles. The summed E-state index contributed by atoms with van der Waals surface area (Å²) in [6.45, 7) is 8.57. The maximum atomic E-state index is 4.83. The average molecular weight is 291 g/mol. The van der Waals surface area contributed by atoms with E-state index in [4.69, 9.17) is 5.10 Å². The minimum atomic E-state index is -0.0193. The third-order valence-corrected chi connectivity index (χ3v) is 3.67. The van der Waals surface area contributed by atoms with Crippen LogP contribution in [0.4, 0.5) is 0 Å². The van der Waals surface area contributed by atoms with E-state index in [2.05, 4.69) is 62.3 Å². The van der Waals surface area contributed by atoms with Crippen molar-refractivity contribution < 1.29 is 0 Å². The SMILES string of the molecule is Cc1ccc(-n2cc(-c3ccccc3)c(C(C)(C)C)n2)cn1. The third-order valence-electron chi connectivity index (χ3n) is 3.67. The summed E-state index contributed by atoms with van der Waals surface area (Å²) in [6.07, 6.45) is 3.96. The summed E-state index contributed by atoms with van der Waals surface area (Å²) in [5.74, 6) is 0. The van der Waals surface area contributed by atoms with Crippen LogP contribution < -0.4 is 0 Å². The van der Waals surface area contributed by atoms with E-state index >= 15 is 0 Å². The summed E-state index contributed by atoms with van der Waals surface area (Å²) in [6, 6.07) is 14.5. The van der Waals surface area contributed by atoms with E-state index in [9.17, 15) is 0 Å². The van der Waals surface area contributed by atoms with Gasteiger partial charge in [0.05, 0.1) is 17.6 Å². The fourth-order valence-corrected chi connectivity index (χ4v) is 2.48. The van der Waals surface area contributed by atoms with Crippen LogP contribution >= 0.6 is 0 Å². The normalized spacial score (nSPS) is 11.6. The second kappa shape index (κ2) is 5.41. The van der Waals surface area contributed by atoms with Crippen molar-refractivity contribution in [3.8, 4) is 16.8 Å². The fraction of sp³-hybridized carbons (Fsp3) is 0.263. The highest BCUT2D eigenvalue weighted by atomic mass is 15.3. The van der Waals surface area contributed by atoms with Crippen LogP contribution in [-0.4, -0.2) is 14.8 Å². The molecular formula is C19H21N3. The molecule has 0 fully saturated rings. The first-order valence-corrected chi connectivity index (χ1v) is 7.54. The van der Waals surface area contributed by atoms with Gasteiger partial charge < -0.3 is 0 Å².